The summed E-state index contributed by atoms with van der Waals surface area (Å²) in [5.74, 6) is -0.368. The quantitative estimate of drug-likeness (QED) is 0.200. The van der Waals surface area contributed by atoms with Crippen LogP contribution in [0.5, 0.6) is 0 Å². The molecule has 0 radical (unpaired) electrons. The number of ether oxygens (including phenoxy) is 3. The Balaban J connectivity index is 2.25. The number of amides is 3. The van der Waals surface area contributed by atoms with Gasteiger partial charge in [0.05, 0.1) is 6.04 Å². The Hall–Kier alpha value is -3.37. The fraction of sp³-hybridized carbons (Fsp3) is 0.567. The summed E-state index contributed by atoms with van der Waals surface area (Å²) in [6, 6.07) is 12.4. The Morgan fingerprint density at radius 2 is 1.62 bits per heavy atom. The average Bonchev–Trinajstić information content (AvgIpc) is 2.89. The summed E-state index contributed by atoms with van der Waals surface area (Å²) in [5.41, 5.74) is 0.332. The minimum absolute atomic E-state index is 0.246. The lowest BCUT2D eigenvalue weighted by molar-refractivity contribution is -0.179. The van der Waals surface area contributed by atoms with Crippen LogP contribution in [0.25, 0.3) is 10.8 Å². The summed E-state index contributed by atoms with van der Waals surface area (Å²) < 4.78 is 16.9. The van der Waals surface area contributed by atoms with E-state index in [4.69, 9.17) is 14.2 Å². The molecule has 0 heterocycles. The Morgan fingerprint density at radius 3 is 2.25 bits per heavy atom. The number of alkyl carbamates (subject to hydrolysis) is 1. The smallest absolute Gasteiger partial charge is 0.407 e. The highest BCUT2D eigenvalue weighted by Gasteiger charge is 2.33. The molecule has 2 unspecified atom stereocenters. The lowest BCUT2D eigenvalue weighted by Crippen LogP contribution is -2.54. The van der Waals surface area contributed by atoms with Crippen molar-refractivity contribution in [3.05, 3.63) is 48.0 Å². The molecule has 3 N–H and O–H groups in total. The number of carboxylic acid groups (broad SMARTS) is 1. The molecule has 0 saturated carbocycles. The normalized spacial score (nSPS) is 13.1. The van der Waals surface area contributed by atoms with E-state index in [0.717, 1.165) is 16.3 Å². The van der Waals surface area contributed by atoms with Crippen molar-refractivity contribution in [1.82, 2.24) is 15.5 Å². The molecule has 222 valence electrons. The largest absolute Gasteiger partial charge is 0.465 e. The second-order valence-electron chi connectivity index (χ2n) is 10.6. The molecule has 2 rings (SSSR count). The van der Waals surface area contributed by atoms with E-state index in [9.17, 15) is 19.5 Å². The van der Waals surface area contributed by atoms with Crippen molar-refractivity contribution in [2.45, 2.75) is 91.3 Å². The number of unbranched alkanes of at least 4 members (excludes halogenated alkanes) is 1. The molecule has 0 spiro atoms. The molecule has 0 fully saturated rings. The highest BCUT2D eigenvalue weighted by molar-refractivity contribution is 5.88. The molecule has 0 saturated heterocycles. The Kier molecular flexibility index (Phi) is 13.2. The van der Waals surface area contributed by atoms with Crippen LogP contribution in [-0.2, 0) is 25.5 Å². The highest BCUT2D eigenvalue weighted by atomic mass is 16.7. The van der Waals surface area contributed by atoms with E-state index >= 15 is 0 Å². The number of carbonyl (C=O) groups excluding carboxylic acids is 2. The van der Waals surface area contributed by atoms with Crippen molar-refractivity contribution in [2.75, 3.05) is 19.8 Å². The molecular formula is C30H45N3O7. The van der Waals surface area contributed by atoms with Gasteiger partial charge in [0.1, 0.15) is 11.6 Å². The van der Waals surface area contributed by atoms with Gasteiger partial charge in [0, 0.05) is 26.3 Å². The summed E-state index contributed by atoms with van der Waals surface area (Å²) >= 11 is 0. The van der Waals surface area contributed by atoms with Gasteiger partial charge in [-0.05, 0) is 77.1 Å². The molecule has 40 heavy (non-hydrogen) atoms. The summed E-state index contributed by atoms with van der Waals surface area (Å²) in [5, 5.41) is 16.7. The van der Waals surface area contributed by atoms with Crippen molar-refractivity contribution in [3.8, 4) is 0 Å². The van der Waals surface area contributed by atoms with Crippen LogP contribution in [0.1, 0.15) is 66.4 Å². The van der Waals surface area contributed by atoms with E-state index in [1.54, 1.807) is 25.7 Å². The van der Waals surface area contributed by atoms with Crippen LogP contribution in [0.4, 0.5) is 9.59 Å². The summed E-state index contributed by atoms with van der Waals surface area (Å²) in [7, 11) is 0. The molecule has 0 bridgehead atoms. The van der Waals surface area contributed by atoms with Crippen LogP contribution in [0.3, 0.4) is 0 Å². The SMILES string of the molecule is CCOC(OCC)C(C)N(Cc1cccc2ccccc12)C(=O)C(CCCCNC(=O)OC(C)(C)C)NC(=O)O. The third-order valence-electron chi connectivity index (χ3n) is 6.23. The number of nitrogens with zero attached hydrogens (tertiary/aromatic N) is 1. The predicted molar refractivity (Wildman–Crippen MR) is 154 cm³/mol. The summed E-state index contributed by atoms with van der Waals surface area (Å²) in [4.78, 5) is 39.2. The van der Waals surface area contributed by atoms with E-state index < -0.39 is 36.2 Å². The molecular weight excluding hydrogens is 514 g/mol. The van der Waals surface area contributed by atoms with Crippen LogP contribution in [0, 0.1) is 0 Å². The lowest BCUT2D eigenvalue weighted by atomic mass is 10.0. The minimum Gasteiger partial charge on any atom is -0.465 e. The van der Waals surface area contributed by atoms with Crippen LogP contribution in [0.15, 0.2) is 42.5 Å². The molecule has 3 amide bonds. The minimum atomic E-state index is -1.28. The number of fused-ring (bicyclic) bond motifs is 1. The van der Waals surface area contributed by atoms with E-state index in [0.29, 0.717) is 32.6 Å². The van der Waals surface area contributed by atoms with Gasteiger partial charge in [0.15, 0.2) is 6.29 Å². The maximum absolute atomic E-state index is 14.0. The average molecular weight is 560 g/mol. The Bertz CT molecular complexity index is 1090. The predicted octanol–water partition coefficient (Wildman–Crippen LogP) is 5.29. The van der Waals surface area contributed by atoms with Crippen LogP contribution >= 0.6 is 0 Å². The number of nitrogens with one attached hydrogen (secondary N) is 2. The first kappa shape index (κ1) is 32.8. The third kappa shape index (κ3) is 10.7. The third-order valence-corrected chi connectivity index (χ3v) is 6.23. The van der Waals surface area contributed by atoms with Gasteiger partial charge in [-0.15, -0.1) is 0 Å². The second-order valence-corrected chi connectivity index (χ2v) is 10.6. The molecule has 10 heteroatoms. The van der Waals surface area contributed by atoms with Crippen molar-refractivity contribution in [1.29, 1.82) is 0 Å². The van der Waals surface area contributed by atoms with Gasteiger partial charge in [0.2, 0.25) is 5.91 Å². The van der Waals surface area contributed by atoms with Gasteiger partial charge in [0.25, 0.3) is 0 Å². The number of hydrogen-bond donors (Lipinski definition) is 3. The zero-order valence-corrected chi connectivity index (χ0v) is 24.6. The number of benzene rings is 2. The van der Waals surface area contributed by atoms with E-state index in [1.165, 1.54) is 0 Å². The van der Waals surface area contributed by atoms with Crippen LogP contribution in [-0.4, -0.2) is 71.8 Å². The zero-order chi connectivity index (χ0) is 29.7. The molecule has 0 aliphatic carbocycles. The standard InChI is InChI=1S/C30H45N3O7/c1-7-38-27(39-8-2)21(3)33(20-23-16-13-15-22-14-9-10-17-24(22)23)26(34)25(32-28(35)36)18-11-12-19-31-29(37)40-30(4,5)6/h9-10,13-17,21,25,27,32H,7-8,11-12,18-20H2,1-6H3,(H,31,37)(H,35,36). The number of carbonyl (C=O) groups is 3. The fourth-order valence-corrected chi connectivity index (χ4v) is 4.42. The first-order chi connectivity index (χ1) is 19.0. The van der Waals surface area contributed by atoms with Gasteiger partial charge in [-0.1, -0.05) is 42.5 Å². The topological polar surface area (TPSA) is 126 Å². The van der Waals surface area contributed by atoms with Gasteiger partial charge >= 0.3 is 12.2 Å². The van der Waals surface area contributed by atoms with Crippen LogP contribution < -0.4 is 10.6 Å². The molecule has 2 aromatic rings. The zero-order valence-electron chi connectivity index (χ0n) is 24.6. The van der Waals surface area contributed by atoms with E-state index in [-0.39, 0.29) is 18.9 Å². The molecule has 0 aliphatic rings. The molecule has 2 atom stereocenters. The van der Waals surface area contributed by atoms with Gasteiger partial charge in [-0.3, -0.25) is 4.79 Å². The first-order valence-electron chi connectivity index (χ1n) is 13.9. The van der Waals surface area contributed by atoms with E-state index in [1.807, 2.05) is 63.2 Å². The van der Waals surface area contributed by atoms with Crippen molar-refractivity contribution >= 4 is 28.9 Å². The van der Waals surface area contributed by atoms with Gasteiger partial charge in [-0.2, -0.15) is 0 Å². The summed E-state index contributed by atoms with van der Waals surface area (Å²) in [6.07, 6.45) is -1.18. The Morgan fingerprint density at radius 1 is 0.975 bits per heavy atom. The monoisotopic (exact) mass is 559 g/mol. The molecule has 0 aliphatic heterocycles. The van der Waals surface area contributed by atoms with Crippen LogP contribution in [0.2, 0.25) is 0 Å². The van der Waals surface area contributed by atoms with Crippen molar-refractivity contribution < 1.29 is 33.7 Å². The highest BCUT2D eigenvalue weighted by Crippen LogP contribution is 2.23. The Labute approximate surface area is 237 Å². The molecule has 2 aromatic carbocycles. The number of rotatable bonds is 15. The van der Waals surface area contributed by atoms with Crippen molar-refractivity contribution in [3.63, 3.8) is 0 Å². The maximum Gasteiger partial charge on any atom is 0.407 e. The fourth-order valence-electron chi connectivity index (χ4n) is 4.42. The van der Waals surface area contributed by atoms with Gasteiger partial charge in [-0.25, -0.2) is 9.59 Å². The number of hydrogen-bond acceptors (Lipinski definition) is 6. The molecule has 10 nitrogen and oxygen atoms in total. The molecule has 0 aromatic heterocycles. The summed E-state index contributed by atoms with van der Waals surface area (Å²) in [6.45, 7) is 12.3. The maximum atomic E-state index is 14.0. The van der Waals surface area contributed by atoms with Gasteiger partial charge < -0.3 is 34.9 Å². The lowest BCUT2D eigenvalue weighted by Gasteiger charge is -2.36. The van der Waals surface area contributed by atoms with E-state index in [2.05, 4.69) is 10.6 Å². The van der Waals surface area contributed by atoms with Crippen molar-refractivity contribution in [2.24, 2.45) is 0 Å². The second kappa shape index (κ2) is 16.0. The first-order valence-corrected chi connectivity index (χ1v) is 13.9.